The molecule has 21 heavy (non-hydrogen) atoms. The zero-order valence-electron chi connectivity index (χ0n) is 12.2. The first-order valence-electron chi connectivity index (χ1n) is 6.82. The summed E-state index contributed by atoms with van der Waals surface area (Å²) in [6, 6.07) is 9.48. The highest BCUT2D eigenvalue weighted by atomic mass is 35.5. The predicted octanol–water partition coefficient (Wildman–Crippen LogP) is 4.34. The van der Waals surface area contributed by atoms with Gasteiger partial charge in [-0.3, -0.25) is 4.79 Å². The lowest BCUT2D eigenvalue weighted by molar-refractivity contribution is -0.123. The van der Waals surface area contributed by atoms with E-state index in [-0.39, 0.29) is 5.91 Å². The van der Waals surface area contributed by atoms with Crippen LogP contribution in [0.15, 0.2) is 30.3 Å². The first-order chi connectivity index (χ1) is 10.0. The van der Waals surface area contributed by atoms with Crippen molar-refractivity contribution in [2.75, 3.05) is 5.32 Å². The van der Waals surface area contributed by atoms with Crippen molar-refractivity contribution in [3.63, 3.8) is 0 Å². The fourth-order valence-corrected chi connectivity index (χ4v) is 2.83. The second-order valence-corrected chi connectivity index (χ2v) is 5.67. The Morgan fingerprint density at radius 2 is 1.71 bits per heavy atom. The molecular formula is C17H16ClNO2. The molecule has 0 saturated carbocycles. The number of amides is 1. The van der Waals surface area contributed by atoms with Crippen LogP contribution >= 0.6 is 11.6 Å². The molecule has 1 aliphatic rings. The number of carbonyl (C=O) groups is 1. The quantitative estimate of drug-likeness (QED) is 0.851. The highest BCUT2D eigenvalue weighted by Crippen LogP contribution is 2.44. The number of anilines is 1. The molecule has 1 heterocycles. The number of rotatable bonds is 1. The van der Waals surface area contributed by atoms with Crippen LogP contribution < -0.4 is 10.1 Å². The average molecular weight is 302 g/mol. The van der Waals surface area contributed by atoms with Crippen LogP contribution in [0.4, 0.5) is 5.69 Å². The summed E-state index contributed by atoms with van der Waals surface area (Å²) in [7, 11) is 0. The highest BCUT2D eigenvalue weighted by molar-refractivity contribution is 6.33. The lowest BCUT2D eigenvalue weighted by Crippen LogP contribution is -2.31. The number of ether oxygens (including phenoxy) is 1. The first-order valence-corrected chi connectivity index (χ1v) is 7.20. The summed E-state index contributed by atoms with van der Waals surface area (Å²) in [6.45, 7) is 5.81. The lowest BCUT2D eigenvalue weighted by Gasteiger charge is -2.30. The van der Waals surface area contributed by atoms with Gasteiger partial charge in [0.25, 0.3) is 5.91 Å². The third kappa shape index (κ3) is 2.18. The molecule has 1 aliphatic heterocycles. The molecule has 0 fully saturated rings. The predicted molar refractivity (Wildman–Crippen MR) is 84.1 cm³/mol. The summed E-state index contributed by atoms with van der Waals surface area (Å²) in [4.78, 5) is 12.3. The van der Waals surface area contributed by atoms with Crippen molar-refractivity contribution in [1.82, 2.24) is 0 Å². The maximum Gasteiger partial charge on any atom is 0.270 e. The van der Waals surface area contributed by atoms with Crippen LogP contribution in [0, 0.1) is 20.8 Å². The minimum atomic E-state index is -0.627. The van der Waals surface area contributed by atoms with Crippen molar-refractivity contribution >= 4 is 23.2 Å². The van der Waals surface area contributed by atoms with Gasteiger partial charge in [0.1, 0.15) is 5.75 Å². The van der Waals surface area contributed by atoms with Crippen molar-refractivity contribution in [2.45, 2.75) is 26.9 Å². The molecule has 4 heteroatoms. The largest absolute Gasteiger partial charge is 0.473 e. The molecule has 108 valence electrons. The number of hydrogen-bond acceptors (Lipinski definition) is 2. The Bertz CT molecular complexity index is 726. The number of benzene rings is 2. The van der Waals surface area contributed by atoms with Crippen LogP contribution in [0.3, 0.4) is 0 Å². The van der Waals surface area contributed by atoms with E-state index in [0.29, 0.717) is 16.5 Å². The van der Waals surface area contributed by atoms with E-state index in [9.17, 15) is 4.79 Å². The molecule has 0 saturated heterocycles. The van der Waals surface area contributed by atoms with Gasteiger partial charge in [-0.15, -0.1) is 0 Å². The fraction of sp³-hybridized carbons (Fsp3) is 0.235. The second kappa shape index (κ2) is 5.08. The molecule has 0 aromatic heterocycles. The smallest absolute Gasteiger partial charge is 0.270 e. The standard InChI is InChI=1S/C17H16ClNO2/c1-9-10(2)15-14(11(3)13(9)18)19-17(20)16(21-15)12-7-5-4-6-8-12/h4-8,16H,1-3H3,(H,19,20). The number of fused-ring (bicyclic) bond motifs is 1. The van der Waals surface area contributed by atoms with E-state index in [1.165, 1.54) is 0 Å². The van der Waals surface area contributed by atoms with Gasteiger partial charge in [0.2, 0.25) is 6.10 Å². The summed E-state index contributed by atoms with van der Waals surface area (Å²) in [5.41, 5.74) is 4.30. The maximum absolute atomic E-state index is 12.3. The Labute approximate surface area is 128 Å². The molecule has 1 N–H and O–H groups in total. The minimum absolute atomic E-state index is 0.170. The summed E-state index contributed by atoms with van der Waals surface area (Å²) in [6.07, 6.45) is -0.627. The van der Waals surface area contributed by atoms with Gasteiger partial charge in [-0.2, -0.15) is 0 Å². The van der Waals surface area contributed by atoms with E-state index in [1.807, 2.05) is 51.1 Å². The number of halogens is 1. The molecule has 2 aromatic rings. The Morgan fingerprint density at radius 1 is 1.05 bits per heavy atom. The summed E-state index contributed by atoms with van der Waals surface area (Å²) < 4.78 is 6.01. The summed E-state index contributed by atoms with van der Waals surface area (Å²) in [5.74, 6) is 0.541. The number of hydrogen-bond donors (Lipinski definition) is 1. The van der Waals surface area contributed by atoms with Gasteiger partial charge in [-0.25, -0.2) is 0 Å². The monoisotopic (exact) mass is 301 g/mol. The second-order valence-electron chi connectivity index (χ2n) is 5.29. The minimum Gasteiger partial charge on any atom is -0.473 e. The van der Waals surface area contributed by atoms with Crippen molar-refractivity contribution in [1.29, 1.82) is 0 Å². The van der Waals surface area contributed by atoms with Gasteiger partial charge in [-0.05, 0) is 37.5 Å². The van der Waals surface area contributed by atoms with Gasteiger partial charge >= 0.3 is 0 Å². The van der Waals surface area contributed by atoms with E-state index in [4.69, 9.17) is 16.3 Å². The summed E-state index contributed by atoms with van der Waals surface area (Å²) in [5, 5.41) is 3.61. The van der Waals surface area contributed by atoms with Crippen LogP contribution in [0.1, 0.15) is 28.4 Å². The number of carbonyl (C=O) groups excluding carboxylic acids is 1. The molecule has 2 aromatic carbocycles. The zero-order chi connectivity index (χ0) is 15.1. The van der Waals surface area contributed by atoms with Crippen LogP contribution in [-0.4, -0.2) is 5.91 Å². The van der Waals surface area contributed by atoms with Crippen molar-refractivity contribution in [3.05, 3.63) is 57.6 Å². The van der Waals surface area contributed by atoms with Gasteiger partial charge in [0.15, 0.2) is 0 Å². The van der Waals surface area contributed by atoms with Gasteiger partial charge in [0, 0.05) is 10.6 Å². The van der Waals surface area contributed by atoms with Crippen molar-refractivity contribution in [2.24, 2.45) is 0 Å². The summed E-state index contributed by atoms with van der Waals surface area (Å²) >= 11 is 6.31. The molecule has 1 amide bonds. The van der Waals surface area contributed by atoms with Crippen LogP contribution in [-0.2, 0) is 4.79 Å². The Morgan fingerprint density at radius 3 is 2.38 bits per heavy atom. The Hall–Kier alpha value is -2.00. The molecule has 0 bridgehead atoms. The van der Waals surface area contributed by atoms with E-state index in [2.05, 4.69) is 5.32 Å². The molecule has 0 radical (unpaired) electrons. The Balaban J connectivity index is 2.12. The van der Waals surface area contributed by atoms with Crippen LogP contribution in [0.2, 0.25) is 5.02 Å². The highest BCUT2D eigenvalue weighted by Gasteiger charge is 2.32. The first kappa shape index (κ1) is 14.0. The van der Waals surface area contributed by atoms with Gasteiger partial charge < -0.3 is 10.1 Å². The molecule has 1 atom stereocenters. The molecule has 3 rings (SSSR count). The van der Waals surface area contributed by atoms with Crippen molar-refractivity contribution in [3.8, 4) is 5.75 Å². The fourth-order valence-electron chi connectivity index (χ4n) is 2.59. The molecule has 0 aliphatic carbocycles. The maximum atomic E-state index is 12.3. The normalized spacial score (nSPS) is 17.0. The topological polar surface area (TPSA) is 38.3 Å². The van der Waals surface area contributed by atoms with E-state index >= 15 is 0 Å². The average Bonchev–Trinajstić information content (AvgIpc) is 2.51. The van der Waals surface area contributed by atoms with Gasteiger partial charge in [-0.1, -0.05) is 41.9 Å². The van der Waals surface area contributed by atoms with Crippen LogP contribution in [0.25, 0.3) is 0 Å². The molecular weight excluding hydrogens is 286 g/mol. The zero-order valence-corrected chi connectivity index (χ0v) is 12.9. The van der Waals surface area contributed by atoms with E-state index in [1.54, 1.807) is 0 Å². The van der Waals surface area contributed by atoms with E-state index in [0.717, 1.165) is 22.3 Å². The molecule has 1 unspecified atom stereocenters. The van der Waals surface area contributed by atoms with E-state index < -0.39 is 6.10 Å². The lowest BCUT2D eigenvalue weighted by atomic mass is 9.99. The third-order valence-corrected chi connectivity index (χ3v) is 4.55. The third-order valence-electron chi connectivity index (χ3n) is 3.99. The van der Waals surface area contributed by atoms with Gasteiger partial charge in [0.05, 0.1) is 5.69 Å². The molecule has 3 nitrogen and oxygen atoms in total. The Kier molecular flexibility index (Phi) is 3.38. The number of nitrogens with one attached hydrogen (secondary N) is 1. The van der Waals surface area contributed by atoms with Crippen LogP contribution in [0.5, 0.6) is 5.75 Å². The van der Waals surface area contributed by atoms with Crippen molar-refractivity contribution < 1.29 is 9.53 Å². The molecule has 0 spiro atoms. The SMILES string of the molecule is Cc1c(C)c2c(c(C)c1Cl)NC(=O)C(c1ccccc1)O2.